The molecule has 0 aromatic rings. The van der Waals surface area contributed by atoms with Gasteiger partial charge in [0, 0.05) is 5.57 Å². The third kappa shape index (κ3) is 3.60. The molecule has 2 atom stereocenters. The second-order valence-electron chi connectivity index (χ2n) is 5.81. The molecular weight excluding hydrogens is 224 g/mol. The smallest absolute Gasteiger partial charge is 0.333 e. The van der Waals surface area contributed by atoms with Crippen LogP contribution in [0.2, 0.25) is 0 Å². The third-order valence-corrected chi connectivity index (χ3v) is 4.05. The van der Waals surface area contributed by atoms with E-state index in [0.717, 1.165) is 18.4 Å². The molecule has 0 aromatic heterocycles. The van der Waals surface area contributed by atoms with Gasteiger partial charge in [-0.25, -0.2) is 4.79 Å². The van der Waals surface area contributed by atoms with Gasteiger partial charge in [-0.1, -0.05) is 33.3 Å². The summed E-state index contributed by atoms with van der Waals surface area (Å²) in [6.45, 7) is 11.2. The Morgan fingerprint density at radius 3 is 2.50 bits per heavy atom. The van der Waals surface area contributed by atoms with E-state index in [0.29, 0.717) is 24.4 Å². The van der Waals surface area contributed by atoms with Crippen LogP contribution >= 0.6 is 0 Å². The number of carbonyl (C=O) groups excluding carboxylic acids is 1. The van der Waals surface area contributed by atoms with Crippen LogP contribution in [0.5, 0.6) is 0 Å². The van der Waals surface area contributed by atoms with Crippen LogP contribution in [0.15, 0.2) is 11.1 Å². The molecule has 0 radical (unpaired) electrons. The first-order chi connectivity index (χ1) is 8.51. The second kappa shape index (κ2) is 6.96. The minimum absolute atomic E-state index is 0.0882. The number of rotatable bonds is 4. The standard InChI is InChI=1S/C16H28O2/c1-6-13(16(17)18-7-2)15-10-12(5)8-9-14(15)11(3)4/h11-12,14H,6-10H2,1-5H3/b15-13+/t12-,14+/m1/s1. The van der Waals surface area contributed by atoms with Gasteiger partial charge in [0.1, 0.15) is 0 Å². The molecule has 1 saturated carbocycles. The van der Waals surface area contributed by atoms with Crippen LogP contribution < -0.4 is 0 Å². The molecule has 2 heteroatoms. The lowest BCUT2D eigenvalue weighted by atomic mass is 9.72. The molecule has 0 N–H and O–H groups in total. The van der Waals surface area contributed by atoms with Crippen molar-refractivity contribution in [1.82, 2.24) is 0 Å². The van der Waals surface area contributed by atoms with Gasteiger partial charge in [-0.3, -0.25) is 0 Å². The molecule has 0 aliphatic heterocycles. The lowest BCUT2D eigenvalue weighted by Gasteiger charge is -2.33. The Hall–Kier alpha value is -0.790. The first-order valence-electron chi connectivity index (χ1n) is 7.40. The van der Waals surface area contributed by atoms with E-state index in [2.05, 4.69) is 27.7 Å². The van der Waals surface area contributed by atoms with Gasteiger partial charge in [-0.2, -0.15) is 0 Å². The highest BCUT2D eigenvalue weighted by molar-refractivity contribution is 5.89. The first kappa shape index (κ1) is 15.3. The Bertz CT molecular complexity index is 315. The van der Waals surface area contributed by atoms with E-state index in [4.69, 9.17) is 4.74 Å². The molecular formula is C16H28O2. The number of carbonyl (C=O) groups is 1. The van der Waals surface area contributed by atoms with Gasteiger partial charge in [0.15, 0.2) is 0 Å². The summed E-state index contributed by atoms with van der Waals surface area (Å²) < 4.78 is 5.21. The summed E-state index contributed by atoms with van der Waals surface area (Å²) in [5.74, 6) is 1.80. The molecule has 1 aliphatic carbocycles. The number of hydrogen-bond acceptors (Lipinski definition) is 2. The number of hydrogen-bond donors (Lipinski definition) is 0. The van der Waals surface area contributed by atoms with Crippen molar-refractivity contribution in [2.75, 3.05) is 6.61 Å². The van der Waals surface area contributed by atoms with E-state index in [1.165, 1.54) is 18.4 Å². The minimum atomic E-state index is -0.0882. The van der Waals surface area contributed by atoms with Crippen LogP contribution in [-0.4, -0.2) is 12.6 Å². The molecule has 0 unspecified atom stereocenters. The predicted octanol–water partition coefficient (Wildman–Crippen LogP) is 4.35. The Kier molecular flexibility index (Phi) is 5.90. The fourth-order valence-corrected chi connectivity index (χ4v) is 3.07. The summed E-state index contributed by atoms with van der Waals surface area (Å²) in [7, 11) is 0. The zero-order valence-electron chi connectivity index (χ0n) is 12.6. The number of ether oxygens (including phenoxy) is 1. The highest BCUT2D eigenvalue weighted by atomic mass is 16.5. The minimum Gasteiger partial charge on any atom is -0.463 e. The summed E-state index contributed by atoms with van der Waals surface area (Å²) >= 11 is 0. The fraction of sp³-hybridized carbons (Fsp3) is 0.812. The van der Waals surface area contributed by atoms with E-state index in [9.17, 15) is 4.79 Å². The zero-order valence-corrected chi connectivity index (χ0v) is 12.6. The lowest BCUT2D eigenvalue weighted by Crippen LogP contribution is -2.24. The summed E-state index contributed by atoms with van der Waals surface area (Å²) in [5.41, 5.74) is 2.33. The van der Waals surface area contributed by atoms with Crippen LogP contribution in [-0.2, 0) is 9.53 Å². The molecule has 0 saturated heterocycles. The molecule has 18 heavy (non-hydrogen) atoms. The van der Waals surface area contributed by atoms with Gasteiger partial charge in [-0.15, -0.1) is 0 Å². The summed E-state index contributed by atoms with van der Waals surface area (Å²) in [6.07, 6.45) is 4.37. The monoisotopic (exact) mass is 252 g/mol. The van der Waals surface area contributed by atoms with Crippen LogP contribution in [0, 0.1) is 17.8 Å². The van der Waals surface area contributed by atoms with Crippen molar-refractivity contribution in [1.29, 1.82) is 0 Å². The predicted molar refractivity (Wildman–Crippen MR) is 75.3 cm³/mol. The quantitative estimate of drug-likeness (QED) is 0.549. The van der Waals surface area contributed by atoms with Crippen molar-refractivity contribution in [2.45, 2.75) is 60.3 Å². The van der Waals surface area contributed by atoms with Gasteiger partial charge in [0.25, 0.3) is 0 Å². The summed E-state index contributed by atoms with van der Waals surface area (Å²) in [6, 6.07) is 0. The molecule has 1 fully saturated rings. The average Bonchev–Trinajstić information content (AvgIpc) is 2.30. The van der Waals surface area contributed by atoms with Crippen LogP contribution in [0.1, 0.15) is 60.3 Å². The van der Waals surface area contributed by atoms with E-state index >= 15 is 0 Å². The molecule has 0 bridgehead atoms. The molecule has 0 amide bonds. The van der Waals surface area contributed by atoms with Crippen LogP contribution in [0.3, 0.4) is 0 Å². The Morgan fingerprint density at radius 1 is 1.33 bits per heavy atom. The van der Waals surface area contributed by atoms with Gasteiger partial charge in [0.05, 0.1) is 6.61 Å². The van der Waals surface area contributed by atoms with Crippen molar-refractivity contribution >= 4 is 5.97 Å². The van der Waals surface area contributed by atoms with E-state index in [1.54, 1.807) is 0 Å². The topological polar surface area (TPSA) is 26.3 Å². The maximum atomic E-state index is 12.1. The second-order valence-corrected chi connectivity index (χ2v) is 5.81. The van der Waals surface area contributed by atoms with Gasteiger partial charge in [-0.05, 0) is 50.4 Å². The summed E-state index contributed by atoms with van der Waals surface area (Å²) in [4.78, 5) is 12.1. The first-order valence-corrected chi connectivity index (χ1v) is 7.40. The van der Waals surface area contributed by atoms with Gasteiger partial charge >= 0.3 is 5.97 Å². The average molecular weight is 252 g/mol. The van der Waals surface area contributed by atoms with Crippen molar-refractivity contribution < 1.29 is 9.53 Å². The number of allylic oxidation sites excluding steroid dienone is 1. The molecule has 0 spiro atoms. The van der Waals surface area contributed by atoms with Crippen molar-refractivity contribution in [2.24, 2.45) is 17.8 Å². The SMILES string of the molecule is CCOC(=O)/C(CC)=C1\C[C@H](C)CC[C@H]1C(C)C. The maximum absolute atomic E-state index is 12.1. The Morgan fingerprint density at radius 2 is 2.00 bits per heavy atom. The molecule has 0 aromatic carbocycles. The molecule has 104 valence electrons. The van der Waals surface area contributed by atoms with Crippen molar-refractivity contribution in [3.8, 4) is 0 Å². The van der Waals surface area contributed by atoms with E-state index < -0.39 is 0 Å². The molecule has 1 rings (SSSR count). The van der Waals surface area contributed by atoms with Gasteiger partial charge < -0.3 is 4.74 Å². The fourth-order valence-electron chi connectivity index (χ4n) is 3.07. The van der Waals surface area contributed by atoms with E-state index in [-0.39, 0.29) is 5.97 Å². The maximum Gasteiger partial charge on any atom is 0.333 e. The Balaban J connectivity index is 3.05. The van der Waals surface area contributed by atoms with Crippen LogP contribution in [0.25, 0.3) is 0 Å². The molecule has 0 heterocycles. The Labute approximate surface area is 112 Å². The van der Waals surface area contributed by atoms with Crippen molar-refractivity contribution in [3.05, 3.63) is 11.1 Å². The highest BCUT2D eigenvalue weighted by Gasteiger charge is 2.29. The number of esters is 1. The van der Waals surface area contributed by atoms with Crippen molar-refractivity contribution in [3.63, 3.8) is 0 Å². The largest absolute Gasteiger partial charge is 0.463 e. The zero-order chi connectivity index (χ0) is 13.7. The van der Waals surface area contributed by atoms with Crippen LogP contribution in [0.4, 0.5) is 0 Å². The summed E-state index contributed by atoms with van der Waals surface area (Å²) in [5, 5.41) is 0. The lowest BCUT2D eigenvalue weighted by molar-refractivity contribution is -0.138. The normalized spacial score (nSPS) is 27.2. The molecule has 1 aliphatic rings. The third-order valence-electron chi connectivity index (χ3n) is 4.05. The highest BCUT2D eigenvalue weighted by Crippen LogP contribution is 2.40. The van der Waals surface area contributed by atoms with E-state index in [1.807, 2.05) is 6.92 Å². The molecule has 2 nitrogen and oxygen atoms in total. The van der Waals surface area contributed by atoms with Gasteiger partial charge in [0.2, 0.25) is 0 Å².